The van der Waals surface area contributed by atoms with Crippen molar-refractivity contribution in [2.45, 2.75) is 24.0 Å². The van der Waals surface area contributed by atoms with Gasteiger partial charge < -0.3 is 16.0 Å². The molecule has 0 amide bonds. The fourth-order valence-corrected chi connectivity index (χ4v) is 2.36. The van der Waals surface area contributed by atoms with Crippen LogP contribution in [0.25, 0.3) is 0 Å². The van der Waals surface area contributed by atoms with Gasteiger partial charge in [-0.25, -0.2) is 9.97 Å². The molecule has 1 aromatic rings. The number of thioether (sulfide) groups is 1. The first-order chi connectivity index (χ1) is 8.17. The first-order valence-corrected chi connectivity index (χ1v) is 7.03. The van der Waals surface area contributed by atoms with E-state index in [0.717, 1.165) is 36.9 Å². The van der Waals surface area contributed by atoms with Crippen LogP contribution >= 0.6 is 11.8 Å². The van der Waals surface area contributed by atoms with Gasteiger partial charge in [-0.1, -0.05) is 11.8 Å². The van der Waals surface area contributed by atoms with E-state index in [2.05, 4.69) is 27.2 Å². The Labute approximate surface area is 106 Å². The van der Waals surface area contributed by atoms with Crippen LogP contribution in [0, 0.1) is 0 Å². The van der Waals surface area contributed by atoms with E-state index in [1.165, 1.54) is 11.8 Å². The van der Waals surface area contributed by atoms with Gasteiger partial charge in [0.1, 0.15) is 11.6 Å². The third kappa shape index (κ3) is 3.47. The van der Waals surface area contributed by atoms with E-state index in [1.54, 1.807) is 6.07 Å². The number of nitrogens with zero attached hydrogens (tertiary/aromatic N) is 3. The molecule has 6 heteroatoms. The molecule has 1 saturated heterocycles. The van der Waals surface area contributed by atoms with Crippen molar-refractivity contribution in [2.24, 2.45) is 0 Å². The number of rotatable bonds is 3. The Balaban J connectivity index is 2.00. The maximum absolute atomic E-state index is 5.75. The van der Waals surface area contributed by atoms with Crippen LogP contribution < -0.4 is 11.1 Å². The van der Waals surface area contributed by atoms with Crippen LogP contribution in [0.2, 0.25) is 0 Å². The van der Waals surface area contributed by atoms with E-state index in [1.807, 2.05) is 6.26 Å². The summed E-state index contributed by atoms with van der Waals surface area (Å²) in [6.45, 7) is 2.27. The second-order valence-electron chi connectivity index (χ2n) is 4.39. The standard InChI is InChI=1S/C11H19N5S/c1-16-5-3-8(4-6-16)13-10-7-9(12)14-11(15-10)17-2/h7-8H,3-6H2,1-2H3,(H3,12,13,14,15). The Morgan fingerprint density at radius 3 is 2.76 bits per heavy atom. The molecule has 0 atom stereocenters. The highest BCUT2D eigenvalue weighted by molar-refractivity contribution is 7.98. The number of hydrogen-bond acceptors (Lipinski definition) is 6. The van der Waals surface area contributed by atoms with Crippen LogP contribution in [0.15, 0.2) is 11.2 Å². The smallest absolute Gasteiger partial charge is 0.191 e. The summed E-state index contributed by atoms with van der Waals surface area (Å²) in [5.74, 6) is 1.37. The highest BCUT2D eigenvalue weighted by atomic mass is 32.2. The second kappa shape index (κ2) is 5.55. The molecule has 2 rings (SSSR count). The molecule has 0 aliphatic carbocycles. The van der Waals surface area contributed by atoms with Crippen molar-refractivity contribution in [2.75, 3.05) is 37.4 Å². The fraction of sp³-hybridized carbons (Fsp3) is 0.636. The van der Waals surface area contributed by atoms with E-state index >= 15 is 0 Å². The maximum Gasteiger partial charge on any atom is 0.191 e. The molecule has 1 aromatic heterocycles. The summed E-state index contributed by atoms with van der Waals surface area (Å²) in [5.41, 5.74) is 5.75. The van der Waals surface area contributed by atoms with Crippen LogP contribution in [0.3, 0.4) is 0 Å². The van der Waals surface area contributed by atoms with Gasteiger partial charge in [-0.15, -0.1) is 0 Å². The predicted octanol–water partition coefficient (Wildman–Crippen LogP) is 1.29. The van der Waals surface area contributed by atoms with Crippen LogP contribution in [0.1, 0.15) is 12.8 Å². The van der Waals surface area contributed by atoms with Gasteiger partial charge in [0.2, 0.25) is 0 Å². The maximum atomic E-state index is 5.75. The molecule has 0 radical (unpaired) electrons. The number of nitrogens with one attached hydrogen (secondary N) is 1. The van der Waals surface area contributed by atoms with Crippen molar-refractivity contribution in [3.8, 4) is 0 Å². The monoisotopic (exact) mass is 253 g/mol. The molecule has 1 aliphatic heterocycles. The minimum Gasteiger partial charge on any atom is -0.383 e. The largest absolute Gasteiger partial charge is 0.383 e. The molecule has 1 aliphatic rings. The average molecular weight is 253 g/mol. The Kier molecular flexibility index (Phi) is 4.06. The number of nitrogen functional groups attached to an aromatic ring is 1. The molecule has 94 valence electrons. The van der Waals surface area contributed by atoms with E-state index < -0.39 is 0 Å². The molecule has 17 heavy (non-hydrogen) atoms. The van der Waals surface area contributed by atoms with Crippen molar-refractivity contribution in [1.82, 2.24) is 14.9 Å². The lowest BCUT2D eigenvalue weighted by atomic mass is 10.1. The fourth-order valence-electron chi connectivity index (χ4n) is 1.97. The summed E-state index contributed by atoms with van der Waals surface area (Å²) < 4.78 is 0. The molecule has 0 spiro atoms. The predicted molar refractivity (Wildman–Crippen MR) is 72.4 cm³/mol. The van der Waals surface area contributed by atoms with Crippen LogP contribution in [0.5, 0.6) is 0 Å². The summed E-state index contributed by atoms with van der Waals surface area (Å²) in [4.78, 5) is 10.9. The Morgan fingerprint density at radius 2 is 2.12 bits per heavy atom. The zero-order valence-electron chi connectivity index (χ0n) is 10.3. The third-order valence-corrected chi connectivity index (χ3v) is 3.53. The molecular weight excluding hydrogens is 234 g/mol. The van der Waals surface area contributed by atoms with Crippen molar-refractivity contribution in [3.63, 3.8) is 0 Å². The molecule has 1 fully saturated rings. The quantitative estimate of drug-likeness (QED) is 0.625. The van der Waals surface area contributed by atoms with Gasteiger partial charge in [-0.05, 0) is 39.2 Å². The Bertz CT molecular complexity index is 376. The van der Waals surface area contributed by atoms with Crippen LogP contribution in [-0.2, 0) is 0 Å². The molecule has 0 bridgehead atoms. The SMILES string of the molecule is CSc1nc(N)cc(NC2CCN(C)CC2)n1. The Hall–Kier alpha value is -1.01. The van der Waals surface area contributed by atoms with Gasteiger partial charge in [0.25, 0.3) is 0 Å². The van der Waals surface area contributed by atoms with Crippen molar-refractivity contribution in [3.05, 3.63) is 6.07 Å². The summed E-state index contributed by atoms with van der Waals surface area (Å²) >= 11 is 1.51. The molecule has 3 N–H and O–H groups in total. The van der Waals surface area contributed by atoms with Gasteiger partial charge in [-0.3, -0.25) is 0 Å². The summed E-state index contributed by atoms with van der Waals surface area (Å²) in [7, 11) is 2.16. The first kappa shape index (κ1) is 12.4. The van der Waals surface area contributed by atoms with Crippen LogP contribution in [0.4, 0.5) is 11.6 Å². The zero-order chi connectivity index (χ0) is 12.3. The molecule has 0 saturated carbocycles. The first-order valence-electron chi connectivity index (χ1n) is 5.81. The second-order valence-corrected chi connectivity index (χ2v) is 5.16. The third-order valence-electron chi connectivity index (χ3n) is 2.98. The van der Waals surface area contributed by atoms with Crippen LogP contribution in [-0.4, -0.2) is 47.3 Å². The molecule has 0 unspecified atom stereocenters. The van der Waals surface area contributed by atoms with Gasteiger partial charge in [0.05, 0.1) is 0 Å². The topological polar surface area (TPSA) is 67.1 Å². The zero-order valence-corrected chi connectivity index (χ0v) is 11.1. The van der Waals surface area contributed by atoms with Crippen molar-refractivity contribution < 1.29 is 0 Å². The van der Waals surface area contributed by atoms with Crippen molar-refractivity contribution in [1.29, 1.82) is 0 Å². The minimum absolute atomic E-state index is 0.496. The number of aromatic nitrogens is 2. The highest BCUT2D eigenvalue weighted by Gasteiger charge is 2.17. The number of nitrogens with two attached hydrogens (primary N) is 1. The number of piperidine rings is 1. The number of hydrogen-bond donors (Lipinski definition) is 2. The summed E-state index contributed by atoms with van der Waals surface area (Å²) in [6.07, 6.45) is 4.25. The lowest BCUT2D eigenvalue weighted by molar-refractivity contribution is 0.263. The van der Waals surface area contributed by atoms with E-state index in [-0.39, 0.29) is 0 Å². The Morgan fingerprint density at radius 1 is 1.41 bits per heavy atom. The normalized spacial score (nSPS) is 18.2. The lowest BCUT2D eigenvalue weighted by Crippen LogP contribution is -2.36. The minimum atomic E-state index is 0.496. The van der Waals surface area contributed by atoms with E-state index in [4.69, 9.17) is 5.73 Å². The number of anilines is 2. The van der Waals surface area contributed by atoms with Gasteiger partial charge in [0, 0.05) is 12.1 Å². The van der Waals surface area contributed by atoms with Crippen molar-refractivity contribution >= 4 is 23.4 Å². The lowest BCUT2D eigenvalue weighted by Gasteiger charge is -2.29. The van der Waals surface area contributed by atoms with Gasteiger partial charge >= 0.3 is 0 Å². The summed E-state index contributed by atoms with van der Waals surface area (Å²) in [6, 6.07) is 2.30. The molecule has 5 nitrogen and oxygen atoms in total. The molecule has 2 heterocycles. The number of likely N-dealkylation sites (tertiary alicyclic amines) is 1. The van der Waals surface area contributed by atoms with Gasteiger partial charge in [-0.2, -0.15) is 0 Å². The summed E-state index contributed by atoms with van der Waals surface area (Å²) in [5, 5.41) is 4.17. The molecule has 0 aromatic carbocycles. The van der Waals surface area contributed by atoms with E-state index in [9.17, 15) is 0 Å². The molecular formula is C11H19N5S. The van der Waals surface area contributed by atoms with Gasteiger partial charge in [0.15, 0.2) is 5.16 Å². The average Bonchev–Trinajstić information content (AvgIpc) is 2.31. The van der Waals surface area contributed by atoms with E-state index in [0.29, 0.717) is 11.9 Å². The highest BCUT2D eigenvalue weighted by Crippen LogP contribution is 2.18.